The lowest BCUT2D eigenvalue weighted by Gasteiger charge is -2.11. The lowest BCUT2D eigenvalue weighted by atomic mass is 9.93. The number of carbonyl (C=O) groups excluding carboxylic acids is 1. The first-order valence-corrected chi connectivity index (χ1v) is 6.76. The normalized spacial score (nSPS) is 12.5. The molecular formula is C16H25NO. The number of hydrogen-bond donors (Lipinski definition) is 1. The van der Waals surface area contributed by atoms with E-state index in [1.807, 2.05) is 13.0 Å². The zero-order chi connectivity index (χ0) is 13.7. The number of hydrogen-bond acceptors (Lipinski definition) is 2. The van der Waals surface area contributed by atoms with Gasteiger partial charge < -0.3 is 5.73 Å². The number of rotatable bonds is 6. The Balaban J connectivity index is 2.70. The lowest BCUT2D eigenvalue weighted by Crippen LogP contribution is -2.09. The van der Waals surface area contributed by atoms with Crippen LogP contribution in [0.25, 0.3) is 0 Å². The van der Waals surface area contributed by atoms with Crippen molar-refractivity contribution in [2.24, 2.45) is 11.7 Å². The zero-order valence-electron chi connectivity index (χ0n) is 12.0. The number of benzene rings is 1. The Kier molecular flexibility index (Phi) is 5.54. The molecule has 2 nitrogen and oxygen atoms in total. The minimum absolute atomic E-state index is 0.263. The predicted octanol–water partition coefficient (Wildman–Crippen LogP) is 3.56. The zero-order valence-corrected chi connectivity index (χ0v) is 12.0. The fourth-order valence-electron chi connectivity index (χ4n) is 2.20. The number of aryl methyl sites for hydroxylation is 3. The number of carbonyl (C=O) groups is 1. The van der Waals surface area contributed by atoms with E-state index in [2.05, 4.69) is 26.8 Å². The summed E-state index contributed by atoms with van der Waals surface area (Å²) in [6, 6.07) is 4.13. The van der Waals surface area contributed by atoms with Crippen LogP contribution in [0.2, 0.25) is 0 Å². The summed E-state index contributed by atoms with van der Waals surface area (Å²) in [7, 11) is 0. The number of ketones is 1. The van der Waals surface area contributed by atoms with Crippen LogP contribution in [0.3, 0.4) is 0 Å². The fourth-order valence-corrected chi connectivity index (χ4v) is 2.20. The first-order chi connectivity index (χ1) is 8.45. The molecule has 0 aliphatic rings. The van der Waals surface area contributed by atoms with Crippen molar-refractivity contribution in [1.82, 2.24) is 0 Å². The highest BCUT2D eigenvalue weighted by atomic mass is 16.1. The first-order valence-electron chi connectivity index (χ1n) is 6.76. The average molecular weight is 247 g/mol. The summed E-state index contributed by atoms with van der Waals surface area (Å²) in [5, 5.41) is 0. The Morgan fingerprint density at radius 2 is 1.72 bits per heavy atom. The highest BCUT2D eigenvalue weighted by molar-refractivity contribution is 5.97. The van der Waals surface area contributed by atoms with E-state index in [0.717, 1.165) is 24.0 Å². The maximum atomic E-state index is 12.2. The second-order valence-corrected chi connectivity index (χ2v) is 5.40. The minimum Gasteiger partial charge on any atom is -0.330 e. The second-order valence-electron chi connectivity index (χ2n) is 5.40. The van der Waals surface area contributed by atoms with Gasteiger partial charge in [0.25, 0.3) is 0 Å². The molecule has 1 unspecified atom stereocenters. The Morgan fingerprint density at radius 3 is 2.33 bits per heavy atom. The van der Waals surface area contributed by atoms with Gasteiger partial charge >= 0.3 is 0 Å². The summed E-state index contributed by atoms with van der Waals surface area (Å²) in [6.07, 6.45) is 2.56. The monoisotopic (exact) mass is 247 g/mol. The molecule has 0 aliphatic carbocycles. The molecule has 0 saturated heterocycles. The third kappa shape index (κ3) is 3.95. The predicted molar refractivity (Wildman–Crippen MR) is 77.1 cm³/mol. The molecule has 0 heterocycles. The molecule has 1 rings (SSSR count). The van der Waals surface area contributed by atoms with Gasteiger partial charge in [-0.3, -0.25) is 4.79 Å². The van der Waals surface area contributed by atoms with Crippen molar-refractivity contribution in [3.8, 4) is 0 Å². The maximum absolute atomic E-state index is 12.2. The number of Topliss-reactive ketones (excluding diaryl/α,β-unsaturated/α-hetero) is 1. The van der Waals surface area contributed by atoms with E-state index < -0.39 is 0 Å². The number of nitrogens with two attached hydrogens (primary N) is 1. The lowest BCUT2D eigenvalue weighted by molar-refractivity contribution is 0.0973. The summed E-state index contributed by atoms with van der Waals surface area (Å²) in [5.41, 5.74) is 9.95. The summed E-state index contributed by atoms with van der Waals surface area (Å²) in [5.74, 6) is 0.797. The molecule has 0 amide bonds. The quantitative estimate of drug-likeness (QED) is 0.781. The summed E-state index contributed by atoms with van der Waals surface area (Å²) in [4.78, 5) is 12.2. The highest BCUT2D eigenvalue weighted by Crippen LogP contribution is 2.19. The SMILES string of the molecule is Cc1cc(C)c(C(=O)CCC(C)CCN)cc1C. The molecule has 0 spiro atoms. The van der Waals surface area contributed by atoms with E-state index >= 15 is 0 Å². The van der Waals surface area contributed by atoms with Crippen molar-refractivity contribution in [2.45, 2.75) is 47.0 Å². The minimum atomic E-state index is 0.263. The molecule has 2 heteroatoms. The summed E-state index contributed by atoms with van der Waals surface area (Å²) < 4.78 is 0. The van der Waals surface area contributed by atoms with Crippen molar-refractivity contribution < 1.29 is 4.79 Å². The topological polar surface area (TPSA) is 43.1 Å². The van der Waals surface area contributed by atoms with Gasteiger partial charge in [0, 0.05) is 12.0 Å². The summed E-state index contributed by atoms with van der Waals surface area (Å²) >= 11 is 0. The van der Waals surface area contributed by atoms with Crippen molar-refractivity contribution in [3.63, 3.8) is 0 Å². The summed E-state index contributed by atoms with van der Waals surface area (Å²) in [6.45, 7) is 9.02. The third-order valence-electron chi connectivity index (χ3n) is 3.66. The molecule has 1 aromatic rings. The van der Waals surface area contributed by atoms with Crippen molar-refractivity contribution >= 4 is 5.78 Å². The fraction of sp³-hybridized carbons (Fsp3) is 0.562. The van der Waals surface area contributed by atoms with E-state index in [9.17, 15) is 4.79 Å². The Morgan fingerprint density at radius 1 is 1.11 bits per heavy atom. The maximum Gasteiger partial charge on any atom is 0.163 e. The van der Waals surface area contributed by atoms with Crippen LogP contribution in [0, 0.1) is 26.7 Å². The molecule has 0 bridgehead atoms. The van der Waals surface area contributed by atoms with Crippen molar-refractivity contribution in [2.75, 3.05) is 6.54 Å². The van der Waals surface area contributed by atoms with E-state index in [1.165, 1.54) is 11.1 Å². The molecule has 1 atom stereocenters. The smallest absolute Gasteiger partial charge is 0.163 e. The molecule has 0 fully saturated rings. The van der Waals surface area contributed by atoms with Crippen LogP contribution in [0.1, 0.15) is 53.2 Å². The van der Waals surface area contributed by atoms with Crippen LogP contribution in [-0.4, -0.2) is 12.3 Å². The van der Waals surface area contributed by atoms with Crippen molar-refractivity contribution in [3.05, 3.63) is 34.4 Å². The van der Waals surface area contributed by atoms with E-state index in [1.54, 1.807) is 0 Å². The van der Waals surface area contributed by atoms with Crippen LogP contribution in [0.5, 0.6) is 0 Å². The van der Waals surface area contributed by atoms with Crippen LogP contribution < -0.4 is 5.73 Å². The molecule has 0 aliphatic heterocycles. The van der Waals surface area contributed by atoms with Crippen LogP contribution in [-0.2, 0) is 0 Å². The van der Waals surface area contributed by atoms with Crippen LogP contribution in [0.4, 0.5) is 0 Å². The Hall–Kier alpha value is -1.15. The molecule has 0 saturated carbocycles. The molecule has 0 aromatic heterocycles. The van der Waals surface area contributed by atoms with Gasteiger partial charge in [0.2, 0.25) is 0 Å². The molecule has 0 radical (unpaired) electrons. The van der Waals surface area contributed by atoms with Gasteiger partial charge in [-0.1, -0.05) is 13.0 Å². The van der Waals surface area contributed by atoms with E-state index in [4.69, 9.17) is 5.73 Å². The van der Waals surface area contributed by atoms with Gasteiger partial charge in [0.1, 0.15) is 0 Å². The Labute approximate surface area is 111 Å². The van der Waals surface area contributed by atoms with E-state index in [0.29, 0.717) is 18.9 Å². The van der Waals surface area contributed by atoms with E-state index in [-0.39, 0.29) is 5.78 Å². The molecule has 2 N–H and O–H groups in total. The second kappa shape index (κ2) is 6.69. The van der Waals surface area contributed by atoms with Gasteiger partial charge in [0.15, 0.2) is 5.78 Å². The standard InChI is InChI=1S/C16H25NO/c1-11(7-8-17)5-6-16(18)15-10-13(3)12(2)9-14(15)4/h9-11H,5-8,17H2,1-4H3. The van der Waals surface area contributed by atoms with Gasteiger partial charge in [-0.25, -0.2) is 0 Å². The van der Waals surface area contributed by atoms with Gasteiger partial charge in [0.05, 0.1) is 0 Å². The molecule has 18 heavy (non-hydrogen) atoms. The van der Waals surface area contributed by atoms with Crippen LogP contribution in [0.15, 0.2) is 12.1 Å². The van der Waals surface area contributed by atoms with Gasteiger partial charge in [-0.15, -0.1) is 0 Å². The van der Waals surface area contributed by atoms with Gasteiger partial charge in [-0.2, -0.15) is 0 Å². The van der Waals surface area contributed by atoms with Crippen LogP contribution >= 0.6 is 0 Å². The largest absolute Gasteiger partial charge is 0.330 e. The Bertz CT molecular complexity index is 423. The molecular weight excluding hydrogens is 222 g/mol. The average Bonchev–Trinajstić information content (AvgIpc) is 2.31. The molecule has 100 valence electrons. The third-order valence-corrected chi connectivity index (χ3v) is 3.66. The molecule has 1 aromatic carbocycles. The highest BCUT2D eigenvalue weighted by Gasteiger charge is 2.12. The first kappa shape index (κ1) is 14.9. The van der Waals surface area contributed by atoms with Gasteiger partial charge in [-0.05, 0) is 68.8 Å². The van der Waals surface area contributed by atoms with Crippen molar-refractivity contribution in [1.29, 1.82) is 0 Å².